The molecule has 0 aliphatic heterocycles. The molecule has 0 fully saturated rings. The van der Waals surface area contributed by atoms with Gasteiger partial charge in [-0.05, 0) is 163 Å². The summed E-state index contributed by atoms with van der Waals surface area (Å²) in [6, 6.07) is 101. The first-order chi connectivity index (χ1) is 39.2. The lowest BCUT2D eigenvalue weighted by molar-refractivity contribution is 0.733. The number of rotatable bonds is 9. The molecular formula is C80H74. The zero-order valence-electron chi connectivity index (χ0n) is 47.8. The summed E-state index contributed by atoms with van der Waals surface area (Å²) >= 11 is 0. The van der Waals surface area contributed by atoms with Crippen LogP contribution in [0.3, 0.4) is 0 Å². The third-order valence-electron chi connectivity index (χ3n) is 16.2. The van der Waals surface area contributed by atoms with Crippen molar-refractivity contribution in [3.63, 3.8) is 0 Å². The molecule has 1 atom stereocenters. The van der Waals surface area contributed by atoms with Crippen LogP contribution in [0.2, 0.25) is 0 Å². The highest BCUT2D eigenvalue weighted by Gasteiger charge is 2.45. The molecule has 12 aromatic carbocycles. The Labute approximate surface area is 477 Å². The molecule has 0 nitrogen and oxygen atoms in total. The molecule has 0 spiro atoms. The summed E-state index contributed by atoms with van der Waals surface area (Å²) in [4.78, 5) is 0. The Morgan fingerprint density at radius 2 is 0.825 bits per heavy atom. The summed E-state index contributed by atoms with van der Waals surface area (Å²) < 4.78 is 0. The highest BCUT2D eigenvalue weighted by atomic mass is 14.5. The highest BCUT2D eigenvalue weighted by molar-refractivity contribution is 6.16. The van der Waals surface area contributed by atoms with Crippen molar-refractivity contribution in [2.75, 3.05) is 0 Å². The lowest BCUT2D eigenvalue weighted by Gasteiger charge is -2.34. The molecule has 0 saturated heterocycles. The van der Waals surface area contributed by atoms with Crippen molar-refractivity contribution in [1.29, 1.82) is 0 Å². The summed E-state index contributed by atoms with van der Waals surface area (Å²) in [6.45, 7) is 15.5. The number of benzene rings is 12. The standard InChI is InChI=1S/C35H28.C26H20.C10H14.C9H12/c1-23-15-17-26(18-16-23)27-9-8-10-28(22-27)29-19-20-30(24(2)21-29)35-25(3)31-11-4-5-12-32(31)33-13-6-7-14-34(33)35;1-19-16-17-23-22-14-8-9-15-24(22)26(25(23)18-19,20-10-4-2-5-11-20)21-12-6-3-7-13-21;1-3-9(2)10-7-5-4-6-8-10;1-2-6-9-7-4-3-5-8-9/h4-22H,1-3H3;2-18H,1H3;4-9H,3H2,1-2H3;3-5,7-8H,2,6H2,1H3. The Morgan fingerprint density at radius 3 is 1.44 bits per heavy atom. The van der Waals surface area contributed by atoms with E-state index in [-0.39, 0.29) is 5.41 Å². The Morgan fingerprint density at radius 1 is 0.350 bits per heavy atom. The van der Waals surface area contributed by atoms with Gasteiger partial charge in [-0.1, -0.05) is 311 Å². The van der Waals surface area contributed by atoms with Crippen molar-refractivity contribution in [2.24, 2.45) is 0 Å². The zero-order valence-corrected chi connectivity index (χ0v) is 47.8. The third-order valence-corrected chi connectivity index (χ3v) is 16.2. The van der Waals surface area contributed by atoms with E-state index in [9.17, 15) is 0 Å². The molecule has 0 amide bonds. The predicted octanol–water partition coefficient (Wildman–Crippen LogP) is 22.1. The van der Waals surface area contributed by atoms with E-state index in [4.69, 9.17) is 0 Å². The van der Waals surface area contributed by atoms with Crippen LogP contribution < -0.4 is 0 Å². The molecule has 0 bridgehead atoms. The minimum atomic E-state index is -0.263. The van der Waals surface area contributed by atoms with Gasteiger partial charge in [0.05, 0.1) is 5.41 Å². The van der Waals surface area contributed by atoms with E-state index in [1.165, 1.54) is 141 Å². The van der Waals surface area contributed by atoms with Crippen LogP contribution in [0.1, 0.15) is 95.2 Å². The Balaban J connectivity index is 0.000000139. The second-order valence-electron chi connectivity index (χ2n) is 21.6. The first-order valence-electron chi connectivity index (χ1n) is 28.8. The molecule has 80 heavy (non-hydrogen) atoms. The minimum Gasteiger partial charge on any atom is -0.0651 e. The van der Waals surface area contributed by atoms with Crippen LogP contribution in [0.25, 0.3) is 66.1 Å². The molecule has 0 heterocycles. The predicted molar refractivity (Wildman–Crippen MR) is 346 cm³/mol. The number of aryl methyl sites for hydroxylation is 5. The second kappa shape index (κ2) is 25.3. The smallest absolute Gasteiger partial charge is 0.0651 e. The SMILES string of the molecule is CCC(C)c1ccccc1.CCCc1ccccc1.Cc1ccc(-c2cccc(-c3ccc(-c4c(C)c5ccccc5c5ccccc45)c(C)c3)c2)cc1.Cc1ccc2c(c1)C(c1ccccc1)(c1ccccc1)c1ccccc1-2. The van der Waals surface area contributed by atoms with Crippen LogP contribution in [0.4, 0.5) is 0 Å². The maximum Gasteiger partial charge on any atom is 0.0713 e. The molecule has 1 aliphatic rings. The molecule has 0 radical (unpaired) electrons. The Kier molecular flexibility index (Phi) is 17.2. The molecule has 394 valence electrons. The fourth-order valence-electron chi connectivity index (χ4n) is 11.9. The summed E-state index contributed by atoms with van der Waals surface area (Å²) in [5, 5.41) is 5.29. The van der Waals surface area contributed by atoms with Crippen LogP contribution >= 0.6 is 0 Å². The quantitative estimate of drug-likeness (QED) is 0.126. The fraction of sp³-hybridized carbons (Fsp3) is 0.150. The van der Waals surface area contributed by atoms with Gasteiger partial charge in [0.1, 0.15) is 0 Å². The zero-order chi connectivity index (χ0) is 55.4. The number of hydrogen-bond acceptors (Lipinski definition) is 0. The van der Waals surface area contributed by atoms with E-state index < -0.39 is 0 Å². The Hall–Kier alpha value is -8.84. The van der Waals surface area contributed by atoms with Gasteiger partial charge in [-0.25, -0.2) is 0 Å². The minimum absolute atomic E-state index is 0.263. The molecule has 13 rings (SSSR count). The van der Waals surface area contributed by atoms with Crippen LogP contribution in [0.15, 0.2) is 279 Å². The molecular weight excluding hydrogens is 961 g/mol. The van der Waals surface area contributed by atoms with Gasteiger partial charge in [0.2, 0.25) is 0 Å². The van der Waals surface area contributed by atoms with Gasteiger partial charge in [0, 0.05) is 0 Å². The molecule has 0 aromatic heterocycles. The second-order valence-corrected chi connectivity index (χ2v) is 21.6. The van der Waals surface area contributed by atoms with Crippen LogP contribution in [-0.4, -0.2) is 0 Å². The van der Waals surface area contributed by atoms with Crippen molar-refractivity contribution in [3.05, 3.63) is 335 Å². The van der Waals surface area contributed by atoms with Gasteiger partial charge in [-0.3, -0.25) is 0 Å². The largest absolute Gasteiger partial charge is 0.0713 e. The maximum atomic E-state index is 2.37. The van der Waals surface area contributed by atoms with Gasteiger partial charge < -0.3 is 0 Å². The normalized spacial score (nSPS) is 12.1. The number of fused-ring (bicyclic) bond motifs is 6. The molecule has 0 saturated carbocycles. The summed E-state index contributed by atoms with van der Waals surface area (Å²) in [5.74, 6) is 0.709. The molecule has 0 heteroatoms. The monoisotopic (exact) mass is 1030 g/mol. The lowest BCUT2D eigenvalue weighted by Crippen LogP contribution is -2.28. The van der Waals surface area contributed by atoms with E-state index in [1.807, 2.05) is 0 Å². The lowest BCUT2D eigenvalue weighted by atomic mass is 9.67. The third kappa shape index (κ3) is 11.5. The van der Waals surface area contributed by atoms with Crippen molar-refractivity contribution in [3.8, 4) is 44.5 Å². The van der Waals surface area contributed by atoms with E-state index >= 15 is 0 Å². The van der Waals surface area contributed by atoms with Crippen molar-refractivity contribution >= 4 is 21.5 Å². The van der Waals surface area contributed by atoms with Gasteiger partial charge in [-0.2, -0.15) is 0 Å². The van der Waals surface area contributed by atoms with E-state index in [2.05, 4.69) is 328 Å². The summed E-state index contributed by atoms with van der Waals surface area (Å²) in [5.41, 5.74) is 23.6. The van der Waals surface area contributed by atoms with Crippen LogP contribution in [0.5, 0.6) is 0 Å². The first kappa shape index (κ1) is 54.5. The van der Waals surface area contributed by atoms with E-state index in [0.717, 1.165) is 0 Å². The van der Waals surface area contributed by atoms with Gasteiger partial charge >= 0.3 is 0 Å². The van der Waals surface area contributed by atoms with Crippen LogP contribution in [-0.2, 0) is 11.8 Å². The maximum absolute atomic E-state index is 2.37. The molecule has 0 N–H and O–H groups in total. The summed E-state index contributed by atoms with van der Waals surface area (Å²) in [7, 11) is 0. The van der Waals surface area contributed by atoms with Crippen LogP contribution in [0, 0.1) is 27.7 Å². The van der Waals surface area contributed by atoms with Gasteiger partial charge in [-0.15, -0.1) is 0 Å². The van der Waals surface area contributed by atoms with E-state index in [1.54, 1.807) is 0 Å². The van der Waals surface area contributed by atoms with Gasteiger partial charge in [0.25, 0.3) is 0 Å². The number of hydrogen-bond donors (Lipinski definition) is 0. The fourth-order valence-corrected chi connectivity index (χ4v) is 11.9. The first-order valence-corrected chi connectivity index (χ1v) is 28.8. The van der Waals surface area contributed by atoms with E-state index in [0.29, 0.717) is 5.92 Å². The molecule has 12 aromatic rings. The van der Waals surface area contributed by atoms with Crippen molar-refractivity contribution in [2.45, 2.75) is 79.1 Å². The highest BCUT2D eigenvalue weighted by Crippen LogP contribution is 2.56. The average Bonchev–Trinajstić information content (AvgIpc) is 3.84. The van der Waals surface area contributed by atoms with Crippen molar-refractivity contribution < 1.29 is 0 Å². The van der Waals surface area contributed by atoms with Gasteiger partial charge in [0.15, 0.2) is 0 Å². The summed E-state index contributed by atoms with van der Waals surface area (Å²) in [6.07, 6.45) is 3.68. The Bertz CT molecular complexity index is 3920. The van der Waals surface area contributed by atoms with Crippen molar-refractivity contribution in [1.82, 2.24) is 0 Å². The molecule has 1 unspecified atom stereocenters. The topological polar surface area (TPSA) is 0 Å². The molecule has 1 aliphatic carbocycles. The average molecular weight is 1040 g/mol.